The molecule has 396 valence electrons. The highest BCUT2D eigenvalue weighted by Crippen LogP contribution is 2.27. The standard InChI is InChI=1S/C26H54N2O5Si2.C19H42O5Si3.2CH4.2BrH/c1-23(2)25(29)31-19-17-27(5,6)15-13-21-34(9,10)33-35(11,12)22-14-16-28(7,8)18-20-32-26(30)24(3)4;1-10-11-16-25(4,5)23-27(8,9)24-26(6,7)17-12-13-21-14-15-22-19(20)18(2)3;;;;/h1,3,13-22H2,2,4-12H3;2,10-17H2,1,3-9H3;2*1H4;2*1H/q+2;;;;;/p-2. The lowest BCUT2D eigenvalue weighted by Gasteiger charge is -2.38. The van der Waals surface area contributed by atoms with E-state index < -0.39 is 41.8 Å². The SMILES string of the molecule is C.C.C=C(C)C(=O)OCCOCCC[Si](C)(C)O[Si](C)(C)O[Si](C)(C)CCCC.C=C(C)C(=O)OCC[N+](C)(C)CCC[Si](C)(C)O[Si](C)(C)CCC[N+](C)(C)CCOC(=O)C(=C)C.[Br-].[Br-]. The lowest BCUT2D eigenvalue weighted by Crippen LogP contribution is -3.00. The number of ether oxygens (including phenoxy) is 4. The minimum Gasteiger partial charge on any atom is -1.00 e. The van der Waals surface area contributed by atoms with E-state index in [1.165, 1.54) is 18.9 Å². The molecule has 0 aromatic heterocycles. The lowest BCUT2D eigenvalue weighted by molar-refractivity contribution is -0.890. The second-order valence-electron chi connectivity index (χ2n) is 21.3. The first-order chi connectivity index (χ1) is 28.1. The first-order valence-corrected chi connectivity index (χ1v) is 38.2. The van der Waals surface area contributed by atoms with Crippen LogP contribution in [0.5, 0.6) is 0 Å². The normalized spacial score (nSPS) is 12.1. The van der Waals surface area contributed by atoms with Crippen LogP contribution in [0.25, 0.3) is 0 Å². The Kier molecular flexibility index (Phi) is 42.4. The van der Waals surface area contributed by atoms with Crippen LogP contribution in [-0.4, -0.2) is 156 Å². The van der Waals surface area contributed by atoms with Crippen molar-refractivity contribution in [3.05, 3.63) is 36.5 Å². The molecule has 0 aliphatic rings. The summed E-state index contributed by atoms with van der Waals surface area (Å²) in [6.45, 7) is 46.7. The quantitative estimate of drug-likeness (QED) is 0.0214. The summed E-state index contributed by atoms with van der Waals surface area (Å²) in [5, 5.41) is 0. The Morgan fingerprint density at radius 1 is 0.439 bits per heavy atom. The van der Waals surface area contributed by atoms with Gasteiger partial charge < -0.3 is 74.2 Å². The molecule has 0 unspecified atom stereocenters. The number of nitrogens with zero attached hydrogens (tertiary/aromatic N) is 2. The molecule has 0 heterocycles. The van der Waals surface area contributed by atoms with Gasteiger partial charge in [-0.05, 0) is 130 Å². The average Bonchev–Trinajstić information content (AvgIpc) is 3.08. The van der Waals surface area contributed by atoms with Gasteiger partial charge in [0, 0.05) is 23.3 Å². The van der Waals surface area contributed by atoms with Crippen LogP contribution in [0.15, 0.2) is 36.5 Å². The molecule has 66 heavy (non-hydrogen) atoms. The van der Waals surface area contributed by atoms with Gasteiger partial charge in [-0.1, -0.05) is 54.4 Å². The monoisotopic (exact) mass is 1150 g/mol. The molecule has 0 bridgehead atoms. The predicted octanol–water partition coefficient (Wildman–Crippen LogP) is 5.32. The number of hydrogen-bond donors (Lipinski definition) is 0. The Bertz CT molecular complexity index is 1350. The number of rotatable bonds is 33. The van der Waals surface area contributed by atoms with Crippen LogP contribution in [0.1, 0.15) is 74.7 Å². The fourth-order valence-electron chi connectivity index (χ4n) is 7.03. The topological polar surface area (TPSA) is 116 Å². The van der Waals surface area contributed by atoms with Crippen molar-refractivity contribution in [1.29, 1.82) is 0 Å². The van der Waals surface area contributed by atoms with Gasteiger partial charge in [-0.25, -0.2) is 14.4 Å². The van der Waals surface area contributed by atoms with E-state index >= 15 is 0 Å². The second-order valence-corrected chi connectivity index (χ2v) is 42.6. The Balaban J connectivity index is -0.000000265. The van der Waals surface area contributed by atoms with Gasteiger partial charge in [-0.3, -0.25) is 0 Å². The van der Waals surface area contributed by atoms with E-state index in [0.29, 0.717) is 43.1 Å². The number of carbonyl (C=O) groups excluding carboxylic acids is 3. The smallest absolute Gasteiger partial charge is 0.333 e. The minimum absolute atomic E-state index is 0. The molecule has 0 amide bonds. The van der Waals surface area contributed by atoms with Crippen LogP contribution >= 0.6 is 0 Å². The summed E-state index contributed by atoms with van der Waals surface area (Å²) < 4.78 is 42.7. The highest BCUT2D eigenvalue weighted by molar-refractivity contribution is 6.88. The second kappa shape index (κ2) is 36.4. The van der Waals surface area contributed by atoms with Crippen molar-refractivity contribution in [3.8, 4) is 0 Å². The van der Waals surface area contributed by atoms with Crippen molar-refractivity contribution in [2.24, 2.45) is 0 Å². The summed E-state index contributed by atoms with van der Waals surface area (Å²) in [5.74, 6) is -0.988. The molecule has 0 spiro atoms. The fourth-order valence-corrected chi connectivity index (χ4v) is 30.1. The van der Waals surface area contributed by atoms with E-state index in [4.69, 9.17) is 31.3 Å². The molecule has 0 atom stereocenters. The summed E-state index contributed by atoms with van der Waals surface area (Å²) >= 11 is 0. The zero-order valence-electron chi connectivity index (χ0n) is 44.1. The third-order valence-electron chi connectivity index (χ3n) is 10.2. The summed E-state index contributed by atoms with van der Waals surface area (Å²) in [7, 11) is -0.331. The largest absolute Gasteiger partial charge is 1.00 e. The maximum atomic E-state index is 11.6. The van der Waals surface area contributed by atoms with E-state index in [-0.39, 0.29) is 73.3 Å². The minimum atomic E-state index is -2.11. The Labute approximate surface area is 433 Å². The Morgan fingerprint density at radius 2 is 0.742 bits per heavy atom. The van der Waals surface area contributed by atoms with Crippen molar-refractivity contribution in [2.75, 3.05) is 87.4 Å². The molecule has 0 aromatic rings. The van der Waals surface area contributed by atoms with Gasteiger partial charge in [0.2, 0.25) is 0 Å². The van der Waals surface area contributed by atoms with Gasteiger partial charge in [-0.15, -0.1) is 0 Å². The predicted molar refractivity (Wildman–Crippen MR) is 284 cm³/mol. The maximum Gasteiger partial charge on any atom is 0.333 e. The Hall–Kier alpha value is -0.566. The highest BCUT2D eigenvalue weighted by atomic mass is 79.9. The number of unbranched alkanes of at least 4 members (excludes halogenated alkanes) is 1. The first kappa shape index (κ1) is 76.9. The molecular weight excluding hydrogens is 1050 g/mol. The van der Waals surface area contributed by atoms with Crippen LogP contribution < -0.4 is 34.0 Å². The molecule has 0 N–H and O–H groups in total. The number of halogens is 2. The van der Waals surface area contributed by atoms with E-state index in [1.807, 2.05) is 0 Å². The molecule has 0 aromatic carbocycles. The third kappa shape index (κ3) is 43.5. The van der Waals surface area contributed by atoms with E-state index in [1.54, 1.807) is 20.8 Å². The van der Waals surface area contributed by atoms with Crippen molar-refractivity contribution in [3.63, 3.8) is 0 Å². The van der Waals surface area contributed by atoms with Crippen molar-refractivity contribution < 1.29 is 88.6 Å². The van der Waals surface area contributed by atoms with Crippen LogP contribution in [-0.2, 0) is 45.7 Å². The van der Waals surface area contributed by atoms with E-state index in [0.717, 1.165) is 72.5 Å². The van der Waals surface area contributed by atoms with Crippen LogP contribution in [0.4, 0.5) is 0 Å². The summed E-state index contributed by atoms with van der Waals surface area (Å²) in [6.07, 6.45) is 5.63. The molecular formula is C47H104Br2N2O10Si5. The zero-order chi connectivity index (χ0) is 48.6. The lowest BCUT2D eigenvalue weighted by atomic mass is 10.3. The van der Waals surface area contributed by atoms with Crippen LogP contribution in [0.2, 0.25) is 89.6 Å². The van der Waals surface area contributed by atoms with Gasteiger partial charge in [-0.2, -0.15) is 0 Å². The molecule has 0 radical (unpaired) electrons. The Morgan fingerprint density at radius 3 is 1.08 bits per heavy atom. The molecule has 0 rings (SSSR count). The van der Waals surface area contributed by atoms with Crippen molar-refractivity contribution >= 4 is 59.7 Å². The fraction of sp³-hybridized carbons (Fsp3) is 0.809. The molecule has 0 aliphatic heterocycles. The maximum absolute atomic E-state index is 11.6. The third-order valence-corrected chi connectivity index (χ3v) is 29.3. The zero-order valence-corrected chi connectivity index (χ0v) is 52.3. The molecule has 12 nitrogen and oxygen atoms in total. The average molecular weight is 1160 g/mol. The molecule has 0 aliphatic carbocycles. The van der Waals surface area contributed by atoms with Crippen molar-refractivity contribution in [1.82, 2.24) is 0 Å². The van der Waals surface area contributed by atoms with Crippen molar-refractivity contribution in [2.45, 2.75) is 164 Å². The van der Waals surface area contributed by atoms with Gasteiger partial charge in [0.25, 0.3) is 0 Å². The van der Waals surface area contributed by atoms with Gasteiger partial charge in [0.15, 0.2) is 33.3 Å². The van der Waals surface area contributed by atoms with Crippen LogP contribution in [0, 0.1) is 0 Å². The van der Waals surface area contributed by atoms with Gasteiger partial charge >= 0.3 is 26.5 Å². The van der Waals surface area contributed by atoms with Crippen LogP contribution in [0.3, 0.4) is 0 Å². The molecule has 0 saturated carbocycles. The van der Waals surface area contributed by atoms with Gasteiger partial charge in [0.1, 0.15) is 32.9 Å². The number of quaternary nitrogens is 2. The molecule has 19 heteroatoms. The van der Waals surface area contributed by atoms with Gasteiger partial charge in [0.05, 0.1) is 47.9 Å². The van der Waals surface area contributed by atoms with E-state index in [2.05, 4.69) is 120 Å². The summed E-state index contributed by atoms with van der Waals surface area (Å²) in [4.78, 5) is 34.4. The van der Waals surface area contributed by atoms with E-state index in [9.17, 15) is 14.4 Å². The number of esters is 3. The molecule has 0 saturated heterocycles. The number of likely N-dealkylation sites (N-methyl/N-ethyl adjacent to an activating group) is 2. The first-order valence-electron chi connectivity index (χ1n) is 22.9. The summed E-state index contributed by atoms with van der Waals surface area (Å²) in [6, 6.07) is 4.50. The number of hydrogen-bond acceptors (Lipinski definition) is 10. The summed E-state index contributed by atoms with van der Waals surface area (Å²) in [5.41, 5.74) is 1.30. The number of carbonyl (C=O) groups is 3. The highest BCUT2D eigenvalue weighted by Gasteiger charge is 2.39. The molecule has 0 fully saturated rings.